The Morgan fingerprint density at radius 1 is 1.36 bits per heavy atom. The third-order valence-electron chi connectivity index (χ3n) is 5.44. The van der Waals surface area contributed by atoms with Gasteiger partial charge >= 0.3 is 0 Å². The normalized spacial score (nSPS) is 25.4. The van der Waals surface area contributed by atoms with E-state index in [4.69, 9.17) is 17.3 Å². The molecule has 1 aliphatic carbocycles. The van der Waals surface area contributed by atoms with E-state index in [1.807, 2.05) is 4.90 Å². The topological polar surface area (TPSA) is 77.0 Å². The van der Waals surface area contributed by atoms with Crippen LogP contribution in [0.2, 0.25) is 5.02 Å². The average molecular weight is 364 g/mol. The van der Waals surface area contributed by atoms with Crippen LogP contribution in [-0.2, 0) is 0 Å². The highest BCUT2D eigenvalue weighted by Crippen LogP contribution is 2.37. The molecule has 4 rings (SSSR count). The molecule has 1 saturated heterocycles. The molecule has 6 nitrogen and oxygen atoms in total. The number of benzene rings is 1. The van der Waals surface area contributed by atoms with Gasteiger partial charge in [0, 0.05) is 19.1 Å². The molecule has 1 aliphatic heterocycles. The van der Waals surface area contributed by atoms with Crippen molar-refractivity contribution in [2.24, 2.45) is 17.6 Å². The van der Waals surface area contributed by atoms with Crippen molar-refractivity contribution in [2.45, 2.75) is 25.8 Å². The SMILES string of the molecule is Cc1c(C(=O)N2CC3CCC(N)C3C2)nnn1-c1ccc(F)c(Cl)c1. The van der Waals surface area contributed by atoms with Crippen LogP contribution < -0.4 is 5.73 Å². The Morgan fingerprint density at radius 2 is 2.16 bits per heavy atom. The molecule has 2 aromatic rings. The second-order valence-corrected chi connectivity index (χ2v) is 7.32. The van der Waals surface area contributed by atoms with Crippen LogP contribution in [0.1, 0.15) is 29.0 Å². The number of aromatic nitrogens is 3. The molecule has 1 aromatic carbocycles. The van der Waals surface area contributed by atoms with E-state index >= 15 is 0 Å². The first-order valence-electron chi connectivity index (χ1n) is 8.38. The van der Waals surface area contributed by atoms with E-state index in [9.17, 15) is 9.18 Å². The zero-order valence-electron chi connectivity index (χ0n) is 13.8. The summed E-state index contributed by atoms with van der Waals surface area (Å²) in [5, 5.41) is 8.11. The predicted molar refractivity (Wildman–Crippen MR) is 91.2 cm³/mol. The maximum absolute atomic E-state index is 13.3. The minimum Gasteiger partial charge on any atom is -0.337 e. The number of nitrogens with zero attached hydrogens (tertiary/aromatic N) is 4. The van der Waals surface area contributed by atoms with E-state index < -0.39 is 5.82 Å². The second-order valence-electron chi connectivity index (χ2n) is 6.91. The van der Waals surface area contributed by atoms with E-state index in [1.165, 1.54) is 16.8 Å². The Balaban J connectivity index is 1.59. The fourth-order valence-corrected chi connectivity index (χ4v) is 4.19. The molecule has 1 aromatic heterocycles. The van der Waals surface area contributed by atoms with Gasteiger partial charge in [0.05, 0.1) is 16.4 Å². The third kappa shape index (κ3) is 2.71. The molecule has 2 aliphatic rings. The smallest absolute Gasteiger partial charge is 0.276 e. The van der Waals surface area contributed by atoms with Gasteiger partial charge in [-0.3, -0.25) is 4.79 Å². The zero-order chi connectivity index (χ0) is 17.7. The number of rotatable bonds is 2. The van der Waals surface area contributed by atoms with Gasteiger partial charge in [-0.2, -0.15) is 0 Å². The summed E-state index contributed by atoms with van der Waals surface area (Å²) in [6, 6.07) is 4.46. The van der Waals surface area contributed by atoms with E-state index in [1.54, 1.807) is 13.0 Å². The van der Waals surface area contributed by atoms with Gasteiger partial charge in [0.15, 0.2) is 5.69 Å². The Morgan fingerprint density at radius 3 is 2.88 bits per heavy atom. The summed E-state index contributed by atoms with van der Waals surface area (Å²) in [6.07, 6.45) is 2.12. The molecule has 3 atom stereocenters. The lowest BCUT2D eigenvalue weighted by molar-refractivity contribution is 0.0773. The van der Waals surface area contributed by atoms with Crippen molar-refractivity contribution in [1.82, 2.24) is 19.9 Å². The molecule has 2 N–H and O–H groups in total. The van der Waals surface area contributed by atoms with Crippen molar-refractivity contribution in [3.8, 4) is 5.69 Å². The second kappa shape index (κ2) is 6.07. The van der Waals surface area contributed by atoms with Gasteiger partial charge in [-0.15, -0.1) is 5.10 Å². The standard InChI is InChI=1S/C17H19ClFN5O/c1-9-16(17(25)23-7-10-2-5-15(20)12(10)8-23)21-22-24(9)11-3-4-14(19)13(18)6-11/h3-4,6,10,12,15H,2,5,7-8,20H2,1H3. The van der Waals surface area contributed by atoms with Gasteiger partial charge in [-0.1, -0.05) is 16.8 Å². The van der Waals surface area contributed by atoms with Crippen molar-refractivity contribution in [3.05, 3.63) is 40.4 Å². The summed E-state index contributed by atoms with van der Waals surface area (Å²) < 4.78 is 14.8. The van der Waals surface area contributed by atoms with E-state index in [0.717, 1.165) is 19.4 Å². The van der Waals surface area contributed by atoms with E-state index in [-0.39, 0.29) is 17.0 Å². The number of amides is 1. The van der Waals surface area contributed by atoms with Crippen LogP contribution in [0.15, 0.2) is 18.2 Å². The van der Waals surface area contributed by atoms with Crippen molar-refractivity contribution in [1.29, 1.82) is 0 Å². The highest BCUT2D eigenvalue weighted by atomic mass is 35.5. The number of likely N-dealkylation sites (tertiary alicyclic amines) is 1. The molecule has 132 valence electrons. The van der Waals surface area contributed by atoms with Crippen LogP contribution in [-0.4, -0.2) is 44.9 Å². The largest absolute Gasteiger partial charge is 0.337 e. The van der Waals surface area contributed by atoms with Gasteiger partial charge in [-0.05, 0) is 49.8 Å². The molecule has 25 heavy (non-hydrogen) atoms. The Hall–Kier alpha value is -1.99. The minimum atomic E-state index is -0.501. The lowest BCUT2D eigenvalue weighted by atomic mass is 9.98. The third-order valence-corrected chi connectivity index (χ3v) is 5.73. The molecule has 1 saturated carbocycles. The Labute approximate surface area is 149 Å². The fraction of sp³-hybridized carbons (Fsp3) is 0.471. The van der Waals surface area contributed by atoms with Gasteiger partial charge in [0.25, 0.3) is 5.91 Å². The lowest BCUT2D eigenvalue weighted by Gasteiger charge is -2.17. The number of hydrogen-bond acceptors (Lipinski definition) is 4. The maximum Gasteiger partial charge on any atom is 0.276 e. The van der Waals surface area contributed by atoms with Gasteiger partial charge in [-0.25, -0.2) is 9.07 Å². The first-order valence-corrected chi connectivity index (χ1v) is 8.76. The number of fused-ring (bicyclic) bond motifs is 1. The molecule has 3 unspecified atom stereocenters. The summed E-state index contributed by atoms with van der Waals surface area (Å²) in [6.45, 7) is 3.18. The monoisotopic (exact) mass is 363 g/mol. The van der Waals surface area contributed by atoms with Crippen LogP contribution in [0.4, 0.5) is 4.39 Å². The molecule has 8 heteroatoms. The Bertz CT molecular complexity index is 838. The summed E-state index contributed by atoms with van der Waals surface area (Å²) in [5.41, 5.74) is 7.63. The lowest BCUT2D eigenvalue weighted by Crippen LogP contribution is -2.34. The molecular formula is C17H19ClFN5O. The van der Waals surface area contributed by atoms with Crippen LogP contribution in [0, 0.1) is 24.6 Å². The predicted octanol–water partition coefficient (Wildman–Crippen LogP) is 2.18. The van der Waals surface area contributed by atoms with Crippen molar-refractivity contribution >= 4 is 17.5 Å². The summed E-state index contributed by atoms with van der Waals surface area (Å²) in [7, 11) is 0. The van der Waals surface area contributed by atoms with E-state index in [0.29, 0.717) is 35.5 Å². The first-order chi connectivity index (χ1) is 12.0. The van der Waals surface area contributed by atoms with Gasteiger partial charge < -0.3 is 10.6 Å². The minimum absolute atomic E-state index is 0.00151. The number of carbonyl (C=O) groups excluding carboxylic acids is 1. The number of nitrogens with two attached hydrogens (primary N) is 1. The van der Waals surface area contributed by atoms with Crippen LogP contribution in [0.5, 0.6) is 0 Å². The highest BCUT2D eigenvalue weighted by Gasteiger charge is 2.43. The summed E-state index contributed by atoms with van der Waals surface area (Å²) in [5.74, 6) is 0.249. The molecule has 0 radical (unpaired) electrons. The average Bonchev–Trinajstić information content (AvgIpc) is 3.26. The molecule has 2 fully saturated rings. The number of hydrogen-bond donors (Lipinski definition) is 1. The number of halogens is 2. The molecule has 0 spiro atoms. The fourth-order valence-electron chi connectivity index (χ4n) is 4.01. The maximum atomic E-state index is 13.3. The van der Waals surface area contributed by atoms with Gasteiger partial charge in [0.2, 0.25) is 0 Å². The van der Waals surface area contributed by atoms with Crippen LogP contribution in [0.3, 0.4) is 0 Å². The van der Waals surface area contributed by atoms with E-state index in [2.05, 4.69) is 10.3 Å². The van der Waals surface area contributed by atoms with Crippen molar-refractivity contribution < 1.29 is 9.18 Å². The number of carbonyl (C=O) groups is 1. The molecule has 2 heterocycles. The van der Waals surface area contributed by atoms with Crippen LogP contribution in [0.25, 0.3) is 5.69 Å². The molecular weight excluding hydrogens is 345 g/mol. The quantitative estimate of drug-likeness (QED) is 0.887. The molecule has 0 bridgehead atoms. The van der Waals surface area contributed by atoms with Gasteiger partial charge in [0.1, 0.15) is 5.82 Å². The Kier molecular flexibility index (Phi) is 4.00. The molecule has 1 amide bonds. The zero-order valence-corrected chi connectivity index (χ0v) is 14.6. The van der Waals surface area contributed by atoms with Crippen LogP contribution >= 0.6 is 11.6 Å². The summed E-state index contributed by atoms with van der Waals surface area (Å²) >= 11 is 5.83. The van der Waals surface area contributed by atoms with Crippen molar-refractivity contribution in [3.63, 3.8) is 0 Å². The summed E-state index contributed by atoms with van der Waals surface area (Å²) in [4.78, 5) is 14.7. The van der Waals surface area contributed by atoms with Crippen molar-refractivity contribution in [2.75, 3.05) is 13.1 Å². The first kappa shape index (κ1) is 16.5. The highest BCUT2D eigenvalue weighted by molar-refractivity contribution is 6.30.